The Morgan fingerprint density at radius 1 is 1.42 bits per heavy atom. The third-order valence-corrected chi connectivity index (χ3v) is 3.62. The molecule has 2 fully saturated rings. The van der Waals surface area contributed by atoms with Gasteiger partial charge in [-0.05, 0) is 18.8 Å². The monoisotopic (exact) mass is 272 g/mol. The number of urea groups is 1. The Labute approximate surface area is 111 Å². The predicted molar refractivity (Wildman–Crippen MR) is 65.7 cm³/mol. The van der Waals surface area contributed by atoms with E-state index in [1.807, 2.05) is 0 Å². The molecule has 2 rings (SSSR count). The summed E-state index contributed by atoms with van der Waals surface area (Å²) in [7, 11) is 0. The highest BCUT2D eigenvalue weighted by atomic mass is 16.5. The molecule has 3 atom stereocenters. The summed E-state index contributed by atoms with van der Waals surface area (Å²) in [5, 5.41) is 21.2. The second kappa shape index (κ2) is 6.21. The molecule has 2 aliphatic rings. The molecule has 2 heterocycles. The number of carboxylic acids is 1. The predicted octanol–water partition coefficient (Wildman–Crippen LogP) is -0.358. The van der Waals surface area contributed by atoms with Crippen molar-refractivity contribution in [2.24, 2.45) is 5.92 Å². The number of aliphatic hydroxyl groups is 1. The molecular formula is C12H20N2O5. The molecule has 0 bridgehead atoms. The van der Waals surface area contributed by atoms with E-state index in [0.29, 0.717) is 13.2 Å². The highest BCUT2D eigenvalue weighted by Gasteiger charge is 2.39. The lowest BCUT2D eigenvalue weighted by atomic mass is 10.0. The Morgan fingerprint density at radius 2 is 2.21 bits per heavy atom. The van der Waals surface area contributed by atoms with Crippen LogP contribution in [0.2, 0.25) is 0 Å². The zero-order valence-electron chi connectivity index (χ0n) is 10.7. The van der Waals surface area contributed by atoms with Crippen LogP contribution in [-0.2, 0) is 9.53 Å². The third kappa shape index (κ3) is 3.57. The summed E-state index contributed by atoms with van der Waals surface area (Å²) >= 11 is 0. The quantitative estimate of drug-likeness (QED) is 0.652. The van der Waals surface area contributed by atoms with Crippen LogP contribution in [0.15, 0.2) is 0 Å². The number of ether oxygens (including phenoxy) is 1. The maximum atomic E-state index is 11.9. The smallest absolute Gasteiger partial charge is 0.326 e. The Bertz CT molecular complexity index is 343. The van der Waals surface area contributed by atoms with Crippen LogP contribution in [0.3, 0.4) is 0 Å². The van der Waals surface area contributed by atoms with Gasteiger partial charge in [0, 0.05) is 26.1 Å². The van der Waals surface area contributed by atoms with Gasteiger partial charge in [0.2, 0.25) is 0 Å². The topological polar surface area (TPSA) is 99.1 Å². The number of amides is 2. The summed E-state index contributed by atoms with van der Waals surface area (Å²) < 4.78 is 5.32. The fraction of sp³-hybridized carbons (Fsp3) is 0.833. The van der Waals surface area contributed by atoms with Crippen molar-refractivity contribution in [3.63, 3.8) is 0 Å². The first kappa shape index (κ1) is 14.1. The van der Waals surface area contributed by atoms with Gasteiger partial charge in [0.1, 0.15) is 6.04 Å². The van der Waals surface area contributed by atoms with Crippen molar-refractivity contribution < 1.29 is 24.5 Å². The van der Waals surface area contributed by atoms with Crippen LogP contribution in [0, 0.1) is 5.92 Å². The minimum Gasteiger partial charge on any atom is -0.480 e. The number of aliphatic hydroxyl groups excluding tert-OH is 1. The van der Waals surface area contributed by atoms with Gasteiger partial charge in [0.05, 0.1) is 12.7 Å². The third-order valence-electron chi connectivity index (χ3n) is 3.62. The standard InChI is InChI=1S/C12H20N2O5/c15-9-4-10(11(16)17)14(6-9)12(18)13-5-8-2-1-3-19-7-8/h8-10,15H,1-7H2,(H,13,18)(H,16,17)/t8?,9-,10+/m1/s1. The molecule has 0 radical (unpaired) electrons. The van der Waals surface area contributed by atoms with Crippen LogP contribution in [-0.4, -0.2) is 65.6 Å². The van der Waals surface area contributed by atoms with Gasteiger partial charge in [-0.3, -0.25) is 0 Å². The molecule has 2 amide bonds. The number of nitrogens with zero attached hydrogens (tertiary/aromatic N) is 1. The lowest BCUT2D eigenvalue weighted by molar-refractivity contribution is -0.141. The maximum Gasteiger partial charge on any atom is 0.326 e. The van der Waals surface area contributed by atoms with Crippen molar-refractivity contribution in [1.29, 1.82) is 0 Å². The first-order chi connectivity index (χ1) is 9.08. The van der Waals surface area contributed by atoms with Crippen LogP contribution < -0.4 is 5.32 Å². The van der Waals surface area contributed by atoms with E-state index >= 15 is 0 Å². The Morgan fingerprint density at radius 3 is 2.84 bits per heavy atom. The number of carbonyl (C=O) groups excluding carboxylic acids is 1. The molecule has 3 N–H and O–H groups in total. The first-order valence-electron chi connectivity index (χ1n) is 6.61. The second-order valence-corrected chi connectivity index (χ2v) is 5.17. The lowest BCUT2D eigenvalue weighted by Gasteiger charge is -2.25. The van der Waals surface area contributed by atoms with E-state index < -0.39 is 24.1 Å². The molecule has 0 saturated carbocycles. The van der Waals surface area contributed by atoms with Crippen molar-refractivity contribution >= 4 is 12.0 Å². The summed E-state index contributed by atoms with van der Waals surface area (Å²) in [4.78, 5) is 24.2. The Balaban J connectivity index is 1.82. The second-order valence-electron chi connectivity index (χ2n) is 5.17. The molecule has 7 heteroatoms. The van der Waals surface area contributed by atoms with Gasteiger partial charge in [-0.15, -0.1) is 0 Å². The number of likely N-dealkylation sites (tertiary alicyclic amines) is 1. The number of nitrogens with one attached hydrogen (secondary N) is 1. The van der Waals surface area contributed by atoms with Gasteiger partial charge < -0.3 is 25.2 Å². The van der Waals surface area contributed by atoms with Crippen LogP contribution in [0.25, 0.3) is 0 Å². The molecule has 108 valence electrons. The first-order valence-corrected chi connectivity index (χ1v) is 6.61. The number of β-amino-alcohol motifs (C(OH)–C–C–N with tert-alkyl or cyclic N) is 1. The molecular weight excluding hydrogens is 252 g/mol. The fourth-order valence-electron chi connectivity index (χ4n) is 2.57. The molecule has 19 heavy (non-hydrogen) atoms. The van der Waals surface area contributed by atoms with Gasteiger partial charge >= 0.3 is 12.0 Å². The summed E-state index contributed by atoms with van der Waals surface area (Å²) in [5.74, 6) is -0.791. The number of hydrogen-bond acceptors (Lipinski definition) is 4. The molecule has 0 aromatic heterocycles. The molecule has 1 unspecified atom stereocenters. The summed E-state index contributed by atoms with van der Waals surface area (Å²) in [6, 6.07) is -1.35. The number of carboxylic acid groups (broad SMARTS) is 1. The number of aliphatic carboxylic acids is 1. The van der Waals surface area contributed by atoms with E-state index in [4.69, 9.17) is 9.84 Å². The fourth-order valence-corrected chi connectivity index (χ4v) is 2.57. The Hall–Kier alpha value is -1.34. The summed E-state index contributed by atoms with van der Waals surface area (Å²) in [5.41, 5.74) is 0. The number of carbonyl (C=O) groups is 2. The molecule has 2 saturated heterocycles. The van der Waals surface area contributed by atoms with Crippen LogP contribution in [0.1, 0.15) is 19.3 Å². The van der Waals surface area contributed by atoms with E-state index in [1.54, 1.807) is 0 Å². The highest BCUT2D eigenvalue weighted by molar-refractivity contribution is 5.83. The van der Waals surface area contributed by atoms with Crippen LogP contribution in [0.4, 0.5) is 4.79 Å². The highest BCUT2D eigenvalue weighted by Crippen LogP contribution is 2.18. The van der Waals surface area contributed by atoms with Gasteiger partial charge in [-0.25, -0.2) is 9.59 Å². The van der Waals surface area contributed by atoms with E-state index in [-0.39, 0.29) is 18.9 Å². The van der Waals surface area contributed by atoms with Gasteiger partial charge in [0.15, 0.2) is 0 Å². The lowest BCUT2D eigenvalue weighted by Crippen LogP contribution is -2.47. The van der Waals surface area contributed by atoms with E-state index in [0.717, 1.165) is 19.4 Å². The normalized spacial score (nSPS) is 31.2. The maximum absolute atomic E-state index is 11.9. The average molecular weight is 272 g/mol. The summed E-state index contributed by atoms with van der Waals surface area (Å²) in [6.45, 7) is 1.96. The molecule has 7 nitrogen and oxygen atoms in total. The van der Waals surface area contributed by atoms with Gasteiger partial charge in [-0.2, -0.15) is 0 Å². The zero-order valence-corrected chi connectivity index (χ0v) is 10.7. The van der Waals surface area contributed by atoms with Crippen LogP contribution in [0.5, 0.6) is 0 Å². The zero-order chi connectivity index (χ0) is 13.8. The number of rotatable bonds is 3. The molecule has 0 aromatic rings. The van der Waals surface area contributed by atoms with Crippen molar-refractivity contribution in [1.82, 2.24) is 10.2 Å². The van der Waals surface area contributed by atoms with E-state index in [1.165, 1.54) is 4.90 Å². The van der Waals surface area contributed by atoms with Crippen molar-refractivity contribution in [2.75, 3.05) is 26.3 Å². The summed E-state index contributed by atoms with van der Waals surface area (Å²) in [6.07, 6.45) is 1.33. The van der Waals surface area contributed by atoms with E-state index in [9.17, 15) is 14.7 Å². The minimum absolute atomic E-state index is 0.0734. The molecule has 0 aliphatic carbocycles. The van der Waals surface area contributed by atoms with Crippen molar-refractivity contribution in [2.45, 2.75) is 31.4 Å². The molecule has 0 aromatic carbocycles. The van der Waals surface area contributed by atoms with Crippen LogP contribution >= 0.6 is 0 Å². The SMILES string of the molecule is O=C(O)[C@@H]1C[C@@H](O)CN1C(=O)NCC1CCCOC1. The van der Waals surface area contributed by atoms with Crippen molar-refractivity contribution in [3.8, 4) is 0 Å². The Kier molecular flexibility index (Phi) is 4.60. The van der Waals surface area contributed by atoms with E-state index in [2.05, 4.69) is 5.32 Å². The van der Waals surface area contributed by atoms with Gasteiger partial charge in [0.25, 0.3) is 0 Å². The number of hydrogen-bond donors (Lipinski definition) is 3. The van der Waals surface area contributed by atoms with Gasteiger partial charge in [-0.1, -0.05) is 0 Å². The van der Waals surface area contributed by atoms with Crippen molar-refractivity contribution in [3.05, 3.63) is 0 Å². The molecule has 2 aliphatic heterocycles. The molecule has 0 spiro atoms. The average Bonchev–Trinajstić information content (AvgIpc) is 2.79. The minimum atomic E-state index is -1.08. The largest absolute Gasteiger partial charge is 0.480 e.